The lowest BCUT2D eigenvalue weighted by atomic mass is 9.88. The summed E-state index contributed by atoms with van der Waals surface area (Å²) in [4.78, 5) is 10.9. The van der Waals surface area contributed by atoms with Crippen molar-refractivity contribution in [1.82, 2.24) is 5.32 Å². The van der Waals surface area contributed by atoms with E-state index in [0.717, 1.165) is 15.7 Å². The second-order valence-corrected chi connectivity index (χ2v) is 5.87. The van der Waals surface area contributed by atoms with Gasteiger partial charge in [0.15, 0.2) is 0 Å². The molecular weight excluding hydrogens is 296 g/mol. The molecule has 5 heteroatoms. The smallest absolute Gasteiger partial charge is 0.305 e. The minimum Gasteiger partial charge on any atom is -0.481 e. The molecule has 0 unspecified atom stereocenters. The summed E-state index contributed by atoms with van der Waals surface area (Å²) in [6, 6.07) is 4.13. The Bertz CT molecular complexity index is 461. The minimum atomic E-state index is -0.773. The number of carbonyl (C=O) groups is 1. The number of carboxylic acids is 1. The highest BCUT2D eigenvalue weighted by atomic mass is 79.9. The number of hydrogen-bond acceptors (Lipinski definition) is 3. The Kier molecular flexibility index (Phi) is 3.64. The third kappa shape index (κ3) is 2.67. The zero-order chi connectivity index (χ0) is 13.3. The second kappa shape index (κ2) is 4.90. The van der Waals surface area contributed by atoms with Crippen LogP contribution in [0.15, 0.2) is 16.6 Å². The Labute approximate surface area is 115 Å². The summed E-state index contributed by atoms with van der Waals surface area (Å²) >= 11 is 3.54. The molecule has 0 amide bonds. The van der Waals surface area contributed by atoms with Crippen molar-refractivity contribution < 1.29 is 9.90 Å². The van der Waals surface area contributed by atoms with Gasteiger partial charge in [-0.1, -0.05) is 6.07 Å². The molecule has 0 radical (unpaired) electrons. The summed E-state index contributed by atoms with van der Waals surface area (Å²) in [5.74, 6) is -0.773. The average Bonchev–Trinajstić information content (AvgIpc) is 2.18. The van der Waals surface area contributed by atoms with E-state index in [-0.39, 0.29) is 12.0 Å². The van der Waals surface area contributed by atoms with E-state index in [2.05, 4.69) is 32.6 Å². The van der Waals surface area contributed by atoms with Crippen LogP contribution in [-0.2, 0) is 4.79 Å². The van der Waals surface area contributed by atoms with Crippen LogP contribution in [-0.4, -0.2) is 29.7 Å². The average molecular weight is 313 g/mol. The van der Waals surface area contributed by atoms with E-state index in [1.54, 1.807) is 0 Å². The van der Waals surface area contributed by atoms with Crippen molar-refractivity contribution in [3.63, 3.8) is 0 Å². The highest BCUT2D eigenvalue weighted by Crippen LogP contribution is 2.32. The minimum absolute atomic E-state index is 0.125. The van der Waals surface area contributed by atoms with Crippen LogP contribution in [0.2, 0.25) is 0 Å². The van der Waals surface area contributed by atoms with Crippen molar-refractivity contribution in [2.75, 3.05) is 18.4 Å². The van der Waals surface area contributed by atoms with Gasteiger partial charge in [0.05, 0.1) is 17.6 Å². The van der Waals surface area contributed by atoms with Crippen LogP contribution in [0.5, 0.6) is 0 Å². The first kappa shape index (κ1) is 13.4. The molecule has 18 heavy (non-hydrogen) atoms. The van der Waals surface area contributed by atoms with Crippen molar-refractivity contribution in [3.8, 4) is 0 Å². The Hall–Kier alpha value is -1.07. The molecule has 0 atom stereocenters. The number of anilines is 1. The molecule has 0 bridgehead atoms. The van der Waals surface area contributed by atoms with Crippen molar-refractivity contribution in [1.29, 1.82) is 0 Å². The van der Waals surface area contributed by atoms with Crippen LogP contribution >= 0.6 is 15.9 Å². The molecule has 1 aromatic rings. The van der Waals surface area contributed by atoms with Gasteiger partial charge in [0, 0.05) is 17.6 Å². The molecule has 4 nitrogen and oxygen atoms in total. The molecule has 0 spiro atoms. The van der Waals surface area contributed by atoms with Crippen LogP contribution in [0.1, 0.15) is 17.5 Å². The molecule has 0 saturated carbocycles. The van der Waals surface area contributed by atoms with Gasteiger partial charge in [-0.05, 0) is 47.0 Å². The fourth-order valence-electron chi connectivity index (χ4n) is 2.31. The van der Waals surface area contributed by atoms with E-state index < -0.39 is 5.97 Å². The summed E-state index contributed by atoms with van der Waals surface area (Å²) in [6.45, 7) is 5.43. The summed E-state index contributed by atoms with van der Waals surface area (Å²) < 4.78 is 0.983. The number of nitrogens with one attached hydrogen (secondary N) is 2. The first-order chi connectivity index (χ1) is 8.42. The number of carboxylic acid groups (broad SMARTS) is 1. The predicted octanol–water partition coefficient (Wildman–Crippen LogP) is 2.29. The zero-order valence-electron chi connectivity index (χ0n) is 10.5. The summed E-state index contributed by atoms with van der Waals surface area (Å²) in [5.41, 5.74) is 2.93. The highest BCUT2D eigenvalue weighted by Gasteiger charge is 2.39. The van der Waals surface area contributed by atoms with E-state index in [0.29, 0.717) is 13.1 Å². The monoisotopic (exact) mass is 312 g/mol. The Morgan fingerprint density at radius 2 is 2.17 bits per heavy atom. The van der Waals surface area contributed by atoms with Crippen LogP contribution in [0, 0.1) is 13.8 Å². The number of halogens is 1. The van der Waals surface area contributed by atoms with Crippen molar-refractivity contribution in [3.05, 3.63) is 27.7 Å². The van der Waals surface area contributed by atoms with Crippen LogP contribution in [0.3, 0.4) is 0 Å². The first-order valence-corrected chi connectivity index (χ1v) is 6.69. The number of benzene rings is 1. The van der Waals surface area contributed by atoms with Crippen LogP contribution in [0.4, 0.5) is 5.69 Å². The van der Waals surface area contributed by atoms with Gasteiger partial charge in [0.25, 0.3) is 0 Å². The van der Waals surface area contributed by atoms with E-state index in [4.69, 9.17) is 5.11 Å². The molecule has 2 rings (SSSR count). The van der Waals surface area contributed by atoms with Crippen molar-refractivity contribution in [2.24, 2.45) is 0 Å². The molecule has 0 aliphatic carbocycles. The maximum Gasteiger partial charge on any atom is 0.305 e. The van der Waals surface area contributed by atoms with Crippen LogP contribution in [0.25, 0.3) is 0 Å². The fourth-order valence-corrected chi connectivity index (χ4v) is 3.09. The maximum atomic E-state index is 10.9. The number of aryl methyl sites for hydroxylation is 2. The van der Waals surface area contributed by atoms with Gasteiger partial charge in [-0.15, -0.1) is 0 Å². The number of rotatable bonds is 4. The molecule has 1 fully saturated rings. The van der Waals surface area contributed by atoms with Gasteiger partial charge < -0.3 is 15.7 Å². The van der Waals surface area contributed by atoms with E-state index in [1.807, 2.05) is 19.9 Å². The fraction of sp³-hybridized carbons (Fsp3) is 0.462. The molecule has 98 valence electrons. The van der Waals surface area contributed by atoms with Gasteiger partial charge in [0.1, 0.15) is 0 Å². The lowest BCUT2D eigenvalue weighted by molar-refractivity contribution is -0.138. The van der Waals surface area contributed by atoms with Gasteiger partial charge in [-0.25, -0.2) is 0 Å². The Morgan fingerprint density at radius 3 is 2.61 bits per heavy atom. The lowest BCUT2D eigenvalue weighted by Gasteiger charge is -2.43. The summed E-state index contributed by atoms with van der Waals surface area (Å²) in [6.07, 6.45) is 0.125. The zero-order valence-corrected chi connectivity index (χ0v) is 12.1. The normalized spacial score (nSPS) is 17.1. The Balaban J connectivity index is 2.25. The van der Waals surface area contributed by atoms with E-state index in [9.17, 15) is 4.79 Å². The second-order valence-electron chi connectivity index (χ2n) is 5.02. The van der Waals surface area contributed by atoms with E-state index in [1.165, 1.54) is 5.56 Å². The number of hydrogen-bond donors (Lipinski definition) is 3. The first-order valence-electron chi connectivity index (χ1n) is 5.89. The van der Waals surface area contributed by atoms with Crippen LogP contribution < -0.4 is 10.6 Å². The largest absolute Gasteiger partial charge is 0.481 e. The molecule has 1 aliphatic heterocycles. The summed E-state index contributed by atoms with van der Waals surface area (Å²) in [5, 5.41) is 15.5. The topological polar surface area (TPSA) is 61.4 Å². The van der Waals surface area contributed by atoms with Crippen molar-refractivity contribution >= 4 is 27.6 Å². The molecule has 1 heterocycles. The SMILES string of the molecule is Cc1cc(C)c(NC2(CC(=O)O)CNC2)c(Br)c1. The molecule has 1 aromatic carbocycles. The molecule has 0 aromatic heterocycles. The lowest BCUT2D eigenvalue weighted by Crippen LogP contribution is -2.65. The molecule has 1 saturated heterocycles. The van der Waals surface area contributed by atoms with Gasteiger partial charge in [-0.2, -0.15) is 0 Å². The quantitative estimate of drug-likeness (QED) is 0.798. The summed E-state index contributed by atoms with van der Waals surface area (Å²) in [7, 11) is 0. The number of aliphatic carboxylic acids is 1. The molecule has 3 N–H and O–H groups in total. The third-order valence-electron chi connectivity index (χ3n) is 3.24. The van der Waals surface area contributed by atoms with Gasteiger partial charge >= 0.3 is 5.97 Å². The predicted molar refractivity (Wildman–Crippen MR) is 75.1 cm³/mol. The van der Waals surface area contributed by atoms with Gasteiger partial charge in [-0.3, -0.25) is 4.79 Å². The van der Waals surface area contributed by atoms with E-state index >= 15 is 0 Å². The third-order valence-corrected chi connectivity index (χ3v) is 3.86. The molecular formula is C13H17BrN2O2. The highest BCUT2D eigenvalue weighted by molar-refractivity contribution is 9.10. The standard InChI is InChI=1S/C13H17BrN2O2/c1-8-3-9(2)12(10(14)4-8)16-13(5-11(17)18)6-15-7-13/h3-4,15-16H,5-7H2,1-2H3,(H,17,18). The Morgan fingerprint density at radius 1 is 1.50 bits per heavy atom. The maximum absolute atomic E-state index is 10.9. The molecule has 1 aliphatic rings. The van der Waals surface area contributed by atoms with Crippen molar-refractivity contribution in [2.45, 2.75) is 25.8 Å². The van der Waals surface area contributed by atoms with Gasteiger partial charge in [0.2, 0.25) is 0 Å².